The maximum atomic E-state index is 12.3. The van der Waals surface area contributed by atoms with Gasteiger partial charge in [-0.1, -0.05) is 32.4 Å². The molecule has 0 bridgehead atoms. The predicted octanol–water partition coefficient (Wildman–Crippen LogP) is 2.50. The molecule has 3 N–H and O–H groups in total. The van der Waals surface area contributed by atoms with E-state index in [4.69, 9.17) is 5.73 Å². The highest BCUT2D eigenvalue weighted by atomic mass is 32.2. The van der Waals surface area contributed by atoms with Crippen LogP contribution in [0.2, 0.25) is 0 Å². The number of anilines is 1. The normalized spacial score (nSPS) is 12.6. The summed E-state index contributed by atoms with van der Waals surface area (Å²) in [5, 5.41) is 0. The number of pyridine rings is 1. The van der Waals surface area contributed by atoms with Crippen LogP contribution >= 0.6 is 0 Å². The lowest BCUT2D eigenvalue weighted by Gasteiger charge is -2.10. The van der Waals surface area contributed by atoms with Gasteiger partial charge in [0, 0.05) is 12.0 Å². The second kappa shape index (κ2) is 8.09. The highest BCUT2D eigenvalue weighted by Gasteiger charge is 2.18. The SMILES string of the molecule is CCC(C)CC(=O)ONS(=O)(=O)c1cccc(-c2ccc(N)cn2)c1. The van der Waals surface area contributed by atoms with Gasteiger partial charge in [0.15, 0.2) is 0 Å². The van der Waals surface area contributed by atoms with Crippen molar-refractivity contribution in [3.05, 3.63) is 42.6 Å². The number of hydrogen-bond acceptors (Lipinski definition) is 6. The van der Waals surface area contributed by atoms with E-state index in [0.717, 1.165) is 6.42 Å². The van der Waals surface area contributed by atoms with Gasteiger partial charge in [0.2, 0.25) is 0 Å². The van der Waals surface area contributed by atoms with E-state index in [0.29, 0.717) is 16.9 Å². The fraction of sp³-hybridized carbons (Fsp3) is 0.294. The Kier molecular flexibility index (Phi) is 6.11. The highest BCUT2D eigenvalue weighted by molar-refractivity contribution is 7.89. The summed E-state index contributed by atoms with van der Waals surface area (Å²) in [5.74, 6) is -0.494. The molecule has 1 unspecified atom stereocenters. The highest BCUT2D eigenvalue weighted by Crippen LogP contribution is 2.21. The molecule has 0 aliphatic rings. The van der Waals surface area contributed by atoms with Crippen molar-refractivity contribution in [2.45, 2.75) is 31.6 Å². The van der Waals surface area contributed by atoms with E-state index in [1.807, 2.05) is 18.7 Å². The van der Waals surface area contributed by atoms with E-state index < -0.39 is 16.0 Å². The van der Waals surface area contributed by atoms with Gasteiger partial charge in [-0.15, -0.1) is 0 Å². The van der Waals surface area contributed by atoms with Crippen molar-refractivity contribution >= 4 is 21.7 Å². The number of hydrogen-bond donors (Lipinski definition) is 2. The smallest absolute Gasteiger partial charge is 0.326 e. The summed E-state index contributed by atoms with van der Waals surface area (Å²) in [4.78, 5) is 22.3. The molecule has 134 valence electrons. The Balaban J connectivity index is 2.13. The number of nitrogens with two attached hydrogens (primary N) is 1. The summed E-state index contributed by atoms with van der Waals surface area (Å²) < 4.78 is 24.6. The molecule has 1 aromatic heterocycles. The minimum atomic E-state index is -3.98. The third kappa shape index (κ3) is 5.27. The Hall–Kier alpha value is -2.45. The number of aromatic nitrogens is 1. The van der Waals surface area contributed by atoms with Gasteiger partial charge >= 0.3 is 5.97 Å². The van der Waals surface area contributed by atoms with Crippen LogP contribution in [0.4, 0.5) is 5.69 Å². The van der Waals surface area contributed by atoms with E-state index in [1.54, 1.807) is 24.3 Å². The molecular weight excluding hydrogens is 342 g/mol. The summed E-state index contributed by atoms with van der Waals surface area (Å²) in [7, 11) is -3.98. The summed E-state index contributed by atoms with van der Waals surface area (Å²) in [6.45, 7) is 3.83. The van der Waals surface area contributed by atoms with Gasteiger partial charge in [0.1, 0.15) is 0 Å². The number of rotatable bonds is 7. The van der Waals surface area contributed by atoms with E-state index in [-0.39, 0.29) is 17.2 Å². The van der Waals surface area contributed by atoms with Crippen LogP contribution in [0.15, 0.2) is 47.5 Å². The molecule has 25 heavy (non-hydrogen) atoms. The summed E-state index contributed by atoms with van der Waals surface area (Å²) >= 11 is 0. The van der Waals surface area contributed by atoms with Crippen molar-refractivity contribution in [3.63, 3.8) is 0 Å². The van der Waals surface area contributed by atoms with E-state index >= 15 is 0 Å². The summed E-state index contributed by atoms with van der Waals surface area (Å²) in [6.07, 6.45) is 2.44. The minimum absolute atomic E-state index is 0.0278. The molecular formula is C17H21N3O4S. The van der Waals surface area contributed by atoms with Crippen LogP contribution < -0.4 is 10.6 Å². The molecule has 1 aromatic carbocycles. The van der Waals surface area contributed by atoms with Gasteiger partial charge in [-0.2, -0.15) is 0 Å². The predicted molar refractivity (Wildman–Crippen MR) is 94.6 cm³/mol. The number of nitrogens with one attached hydrogen (secondary N) is 1. The number of sulfonamides is 1. The first-order valence-corrected chi connectivity index (χ1v) is 9.33. The van der Waals surface area contributed by atoms with E-state index in [9.17, 15) is 13.2 Å². The Morgan fingerprint density at radius 1 is 1.32 bits per heavy atom. The molecule has 0 spiro atoms. The van der Waals surface area contributed by atoms with Crippen LogP contribution in [0.1, 0.15) is 26.7 Å². The second-order valence-electron chi connectivity index (χ2n) is 5.78. The summed E-state index contributed by atoms with van der Waals surface area (Å²) in [5.41, 5.74) is 7.30. The molecule has 1 heterocycles. The van der Waals surface area contributed by atoms with Crippen molar-refractivity contribution in [2.75, 3.05) is 5.73 Å². The molecule has 2 aromatic rings. The van der Waals surface area contributed by atoms with Crippen LogP contribution in [0.25, 0.3) is 11.3 Å². The molecule has 2 rings (SSSR count). The molecule has 0 saturated carbocycles. The molecule has 0 amide bonds. The number of carbonyl (C=O) groups is 1. The van der Waals surface area contributed by atoms with E-state index in [2.05, 4.69) is 9.82 Å². The van der Waals surface area contributed by atoms with Crippen molar-refractivity contribution in [1.29, 1.82) is 0 Å². The topological polar surface area (TPSA) is 111 Å². The monoisotopic (exact) mass is 363 g/mol. The van der Waals surface area contributed by atoms with Crippen LogP contribution in [0.5, 0.6) is 0 Å². The fourth-order valence-corrected chi connectivity index (χ4v) is 2.86. The Labute approximate surface area is 147 Å². The lowest BCUT2D eigenvalue weighted by Crippen LogP contribution is -2.28. The second-order valence-corrected chi connectivity index (χ2v) is 7.43. The standard InChI is InChI=1S/C17H21N3O4S/c1-3-12(2)9-17(21)24-20-25(22,23)15-6-4-5-13(10-15)16-8-7-14(18)11-19-16/h4-8,10-12,20H,3,9,18H2,1-2H3. The molecule has 1 atom stereocenters. The first-order chi connectivity index (χ1) is 11.8. The number of carbonyl (C=O) groups excluding carboxylic acids is 1. The summed E-state index contributed by atoms with van der Waals surface area (Å²) in [6, 6.07) is 9.55. The molecule has 0 aliphatic carbocycles. The first kappa shape index (κ1) is 18.9. The lowest BCUT2D eigenvalue weighted by atomic mass is 10.1. The van der Waals surface area contributed by atoms with Crippen molar-refractivity contribution in [1.82, 2.24) is 9.87 Å². The molecule has 7 nitrogen and oxygen atoms in total. The Morgan fingerprint density at radius 2 is 2.08 bits per heavy atom. The van der Waals surface area contributed by atoms with Gasteiger partial charge in [-0.3, -0.25) is 9.78 Å². The van der Waals surface area contributed by atoms with Crippen LogP contribution in [0.3, 0.4) is 0 Å². The zero-order valence-corrected chi connectivity index (χ0v) is 14.9. The Bertz CT molecular complexity index is 835. The van der Waals surface area contributed by atoms with Crippen molar-refractivity contribution in [3.8, 4) is 11.3 Å². The average Bonchev–Trinajstić information content (AvgIpc) is 2.61. The van der Waals surface area contributed by atoms with Crippen LogP contribution in [-0.4, -0.2) is 19.4 Å². The number of nitrogens with zero attached hydrogens (tertiary/aromatic N) is 1. The maximum absolute atomic E-state index is 12.3. The third-order valence-corrected chi connectivity index (χ3v) is 4.88. The van der Waals surface area contributed by atoms with Gasteiger partial charge in [0.05, 0.1) is 22.5 Å². The zero-order valence-electron chi connectivity index (χ0n) is 14.1. The first-order valence-electron chi connectivity index (χ1n) is 7.85. The van der Waals surface area contributed by atoms with Gasteiger partial charge < -0.3 is 10.6 Å². The fourth-order valence-electron chi connectivity index (χ4n) is 2.02. The quantitative estimate of drug-likeness (QED) is 0.731. The van der Waals surface area contributed by atoms with Gasteiger partial charge in [-0.05, 0) is 35.1 Å². The number of benzene rings is 1. The van der Waals surface area contributed by atoms with Crippen molar-refractivity contribution in [2.24, 2.45) is 5.92 Å². The molecule has 0 saturated heterocycles. The molecule has 0 fully saturated rings. The van der Waals surface area contributed by atoms with Crippen LogP contribution in [-0.2, 0) is 19.7 Å². The van der Waals surface area contributed by atoms with Gasteiger partial charge in [0.25, 0.3) is 10.0 Å². The Morgan fingerprint density at radius 3 is 2.72 bits per heavy atom. The lowest BCUT2D eigenvalue weighted by molar-refractivity contribution is -0.148. The number of nitrogen functional groups attached to an aromatic ring is 1. The average molecular weight is 363 g/mol. The molecule has 0 radical (unpaired) electrons. The minimum Gasteiger partial charge on any atom is -0.397 e. The van der Waals surface area contributed by atoms with Gasteiger partial charge in [-0.25, -0.2) is 8.42 Å². The zero-order chi connectivity index (χ0) is 18.4. The largest absolute Gasteiger partial charge is 0.397 e. The third-order valence-electron chi connectivity index (χ3n) is 3.70. The van der Waals surface area contributed by atoms with Crippen molar-refractivity contribution < 1.29 is 18.0 Å². The van der Waals surface area contributed by atoms with E-state index in [1.165, 1.54) is 18.3 Å². The molecule has 8 heteroatoms. The maximum Gasteiger partial charge on any atom is 0.326 e. The van der Waals surface area contributed by atoms with Crippen LogP contribution in [0, 0.1) is 5.92 Å². The molecule has 0 aliphatic heterocycles.